The second-order valence-electron chi connectivity index (χ2n) is 6.97. The van der Waals surface area contributed by atoms with Gasteiger partial charge in [-0.1, -0.05) is 6.42 Å². The molecule has 2 aliphatic rings. The van der Waals surface area contributed by atoms with Gasteiger partial charge in [0.25, 0.3) is 0 Å². The van der Waals surface area contributed by atoms with E-state index in [9.17, 15) is 0 Å². The van der Waals surface area contributed by atoms with E-state index in [-0.39, 0.29) is 24.0 Å². The highest BCUT2D eigenvalue weighted by Gasteiger charge is 2.26. The van der Waals surface area contributed by atoms with Gasteiger partial charge in [-0.05, 0) is 50.4 Å². The van der Waals surface area contributed by atoms with Crippen molar-refractivity contribution in [2.24, 2.45) is 18.0 Å². The van der Waals surface area contributed by atoms with Crippen LogP contribution in [0.25, 0.3) is 0 Å². The minimum absolute atomic E-state index is 0. The van der Waals surface area contributed by atoms with Crippen LogP contribution in [-0.2, 0) is 13.6 Å². The van der Waals surface area contributed by atoms with Crippen LogP contribution in [0.5, 0.6) is 0 Å². The summed E-state index contributed by atoms with van der Waals surface area (Å²) in [5, 5.41) is 3.52. The Morgan fingerprint density at radius 3 is 2.71 bits per heavy atom. The summed E-state index contributed by atoms with van der Waals surface area (Å²) in [6.07, 6.45) is 7.57. The van der Waals surface area contributed by atoms with Gasteiger partial charge in [0.1, 0.15) is 0 Å². The van der Waals surface area contributed by atoms with Crippen molar-refractivity contribution in [3.63, 3.8) is 0 Å². The number of rotatable bonds is 4. The van der Waals surface area contributed by atoms with E-state index in [2.05, 4.69) is 50.1 Å². The monoisotopic (exact) mass is 445 g/mol. The van der Waals surface area contributed by atoms with Gasteiger partial charge in [-0.15, -0.1) is 24.0 Å². The van der Waals surface area contributed by atoms with Gasteiger partial charge in [0.05, 0.1) is 6.54 Å². The number of hydrogen-bond donors (Lipinski definition) is 1. The van der Waals surface area contributed by atoms with Gasteiger partial charge in [-0.3, -0.25) is 4.99 Å². The number of nitrogens with zero attached hydrogens (tertiary/aromatic N) is 4. The first kappa shape index (κ1) is 19.6. The SMILES string of the molecule is CN=C(NCc1cccn1C)N1CCC(CN2CCCCC2)C1.I. The minimum atomic E-state index is 0. The molecule has 1 aromatic heterocycles. The van der Waals surface area contributed by atoms with Crippen molar-refractivity contribution in [3.8, 4) is 0 Å². The maximum atomic E-state index is 4.49. The molecule has 0 radical (unpaired) electrons. The molecule has 1 aromatic rings. The van der Waals surface area contributed by atoms with Crippen LogP contribution in [0.2, 0.25) is 0 Å². The molecular formula is C18H32IN5. The molecule has 6 heteroatoms. The van der Waals surface area contributed by atoms with E-state index < -0.39 is 0 Å². The number of piperidine rings is 1. The standard InChI is InChI=1S/C18H31N5.HI/c1-19-18(20-13-17-7-6-9-21(17)2)23-12-8-16(15-23)14-22-10-4-3-5-11-22;/h6-7,9,16H,3-5,8,10-15H2,1-2H3,(H,19,20);1H. The van der Waals surface area contributed by atoms with Crippen molar-refractivity contribution in [1.29, 1.82) is 0 Å². The van der Waals surface area contributed by atoms with Crippen LogP contribution in [0.4, 0.5) is 0 Å². The molecule has 5 nitrogen and oxygen atoms in total. The van der Waals surface area contributed by atoms with Gasteiger partial charge in [0.2, 0.25) is 0 Å². The van der Waals surface area contributed by atoms with Crippen molar-refractivity contribution in [1.82, 2.24) is 19.7 Å². The van der Waals surface area contributed by atoms with Gasteiger partial charge in [0, 0.05) is 45.6 Å². The second kappa shape index (κ2) is 9.65. The van der Waals surface area contributed by atoms with Crippen molar-refractivity contribution in [2.45, 2.75) is 32.2 Å². The predicted molar refractivity (Wildman–Crippen MR) is 111 cm³/mol. The first-order valence-electron chi connectivity index (χ1n) is 9.04. The summed E-state index contributed by atoms with van der Waals surface area (Å²) in [5.74, 6) is 1.84. The molecule has 0 amide bonds. The van der Waals surface area contributed by atoms with E-state index in [1.165, 1.54) is 51.0 Å². The van der Waals surface area contributed by atoms with Gasteiger partial charge < -0.3 is 19.7 Å². The summed E-state index contributed by atoms with van der Waals surface area (Å²) in [6.45, 7) is 6.98. The highest BCUT2D eigenvalue weighted by molar-refractivity contribution is 14.0. The van der Waals surface area contributed by atoms with E-state index in [1.54, 1.807) is 0 Å². The lowest BCUT2D eigenvalue weighted by molar-refractivity contribution is 0.198. The van der Waals surface area contributed by atoms with E-state index in [4.69, 9.17) is 0 Å². The maximum Gasteiger partial charge on any atom is 0.193 e. The zero-order valence-corrected chi connectivity index (χ0v) is 17.4. The third-order valence-corrected chi connectivity index (χ3v) is 5.24. The van der Waals surface area contributed by atoms with E-state index in [0.29, 0.717) is 0 Å². The summed E-state index contributed by atoms with van der Waals surface area (Å²) in [5.41, 5.74) is 1.29. The molecule has 2 aliphatic heterocycles. The fraction of sp³-hybridized carbons (Fsp3) is 0.722. The smallest absolute Gasteiger partial charge is 0.193 e. The maximum absolute atomic E-state index is 4.49. The number of likely N-dealkylation sites (tertiary alicyclic amines) is 2. The predicted octanol–water partition coefficient (Wildman–Crippen LogP) is 2.53. The number of aliphatic imine (C=N–C) groups is 1. The Labute approximate surface area is 163 Å². The van der Waals surface area contributed by atoms with Crippen LogP contribution in [0.3, 0.4) is 0 Å². The molecule has 0 spiro atoms. The number of nitrogens with one attached hydrogen (secondary N) is 1. The van der Waals surface area contributed by atoms with Crippen LogP contribution < -0.4 is 5.32 Å². The molecule has 0 bridgehead atoms. The van der Waals surface area contributed by atoms with E-state index in [0.717, 1.165) is 31.5 Å². The third-order valence-electron chi connectivity index (χ3n) is 5.24. The molecule has 3 heterocycles. The fourth-order valence-corrected chi connectivity index (χ4v) is 3.86. The highest BCUT2D eigenvalue weighted by atomic mass is 127. The number of hydrogen-bond acceptors (Lipinski definition) is 2. The summed E-state index contributed by atoms with van der Waals surface area (Å²) in [7, 11) is 3.98. The van der Waals surface area contributed by atoms with E-state index in [1.807, 2.05) is 7.05 Å². The Morgan fingerprint density at radius 2 is 2.04 bits per heavy atom. The quantitative estimate of drug-likeness (QED) is 0.440. The molecule has 2 fully saturated rings. The van der Waals surface area contributed by atoms with Gasteiger partial charge in [0.15, 0.2) is 5.96 Å². The summed E-state index contributed by atoms with van der Waals surface area (Å²) in [4.78, 5) is 9.58. The molecule has 1 unspecified atom stereocenters. The average Bonchev–Trinajstić information content (AvgIpc) is 3.19. The lowest BCUT2D eigenvalue weighted by atomic mass is 10.1. The molecule has 0 aromatic carbocycles. The normalized spacial score (nSPS) is 22.5. The van der Waals surface area contributed by atoms with Crippen molar-refractivity contribution < 1.29 is 0 Å². The highest BCUT2D eigenvalue weighted by Crippen LogP contribution is 2.20. The Morgan fingerprint density at radius 1 is 1.25 bits per heavy atom. The lowest BCUT2D eigenvalue weighted by Crippen LogP contribution is -2.41. The van der Waals surface area contributed by atoms with Crippen molar-refractivity contribution >= 4 is 29.9 Å². The van der Waals surface area contributed by atoms with Gasteiger partial charge in [-0.2, -0.15) is 0 Å². The fourth-order valence-electron chi connectivity index (χ4n) is 3.86. The summed E-state index contributed by atoms with van der Waals surface area (Å²) in [6, 6.07) is 4.24. The van der Waals surface area contributed by atoms with Crippen LogP contribution in [-0.4, -0.2) is 60.1 Å². The Kier molecular flexibility index (Phi) is 7.87. The van der Waals surface area contributed by atoms with Crippen LogP contribution in [0.1, 0.15) is 31.4 Å². The Bertz CT molecular complexity index is 521. The van der Waals surface area contributed by atoms with Crippen molar-refractivity contribution in [2.75, 3.05) is 39.8 Å². The number of guanidine groups is 1. The zero-order chi connectivity index (χ0) is 16.1. The van der Waals surface area contributed by atoms with E-state index >= 15 is 0 Å². The van der Waals surface area contributed by atoms with Gasteiger partial charge >= 0.3 is 0 Å². The van der Waals surface area contributed by atoms with Gasteiger partial charge in [-0.25, -0.2) is 0 Å². The number of halogens is 1. The second-order valence-corrected chi connectivity index (χ2v) is 6.97. The Hall–Kier alpha value is -0.760. The first-order valence-corrected chi connectivity index (χ1v) is 9.04. The topological polar surface area (TPSA) is 35.8 Å². The molecule has 1 N–H and O–H groups in total. The first-order chi connectivity index (χ1) is 11.3. The summed E-state index contributed by atoms with van der Waals surface area (Å²) >= 11 is 0. The molecule has 24 heavy (non-hydrogen) atoms. The largest absolute Gasteiger partial charge is 0.353 e. The molecule has 2 saturated heterocycles. The zero-order valence-electron chi connectivity index (χ0n) is 15.1. The Balaban J connectivity index is 0.00000208. The molecule has 3 rings (SSSR count). The average molecular weight is 445 g/mol. The summed E-state index contributed by atoms with van der Waals surface area (Å²) < 4.78 is 2.16. The molecule has 0 aliphatic carbocycles. The number of aromatic nitrogens is 1. The van der Waals surface area contributed by atoms with Crippen molar-refractivity contribution in [3.05, 3.63) is 24.0 Å². The van der Waals surface area contributed by atoms with Crippen LogP contribution in [0, 0.1) is 5.92 Å². The lowest BCUT2D eigenvalue weighted by Gasteiger charge is -2.29. The minimum Gasteiger partial charge on any atom is -0.353 e. The van der Waals surface area contributed by atoms with Crippen LogP contribution >= 0.6 is 24.0 Å². The van der Waals surface area contributed by atoms with Crippen LogP contribution in [0.15, 0.2) is 23.3 Å². The molecule has 0 saturated carbocycles. The third kappa shape index (κ3) is 5.12. The number of aryl methyl sites for hydroxylation is 1. The molecule has 136 valence electrons. The molecule has 1 atom stereocenters. The molecular weight excluding hydrogens is 413 g/mol.